The minimum Gasteiger partial charge on any atom is -0.350 e. The van der Waals surface area contributed by atoms with Crippen LogP contribution in [-0.4, -0.2) is 35.1 Å². The molecular formula is C11H18N4O. The van der Waals surface area contributed by atoms with Gasteiger partial charge in [0.1, 0.15) is 5.69 Å². The van der Waals surface area contributed by atoms with E-state index in [1.165, 1.54) is 0 Å². The van der Waals surface area contributed by atoms with Crippen molar-refractivity contribution in [3.63, 3.8) is 0 Å². The summed E-state index contributed by atoms with van der Waals surface area (Å²) in [5, 5.41) is 6.25. The third-order valence-corrected chi connectivity index (χ3v) is 2.95. The fourth-order valence-electron chi connectivity index (χ4n) is 1.94. The number of carbonyl (C=O) groups excluding carboxylic acids is 1. The van der Waals surface area contributed by atoms with E-state index < -0.39 is 0 Å². The average molecular weight is 222 g/mol. The Hall–Kier alpha value is -1.36. The smallest absolute Gasteiger partial charge is 0.271 e. The number of nitrogens with zero attached hydrogens (tertiary/aromatic N) is 2. The maximum atomic E-state index is 11.7. The molecule has 16 heavy (non-hydrogen) atoms. The first-order chi connectivity index (χ1) is 7.75. The standard InChI is InChI=1S/C11H18N4O/c1-15-7-10(14-8-15)11(16)13-6-9-2-4-12-5-3-9/h7-9,12H,2-6H2,1H3,(H,13,16). The van der Waals surface area contributed by atoms with Gasteiger partial charge in [-0.3, -0.25) is 4.79 Å². The second kappa shape index (κ2) is 5.12. The number of nitrogens with one attached hydrogen (secondary N) is 2. The molecule has 1 saturated heterocycles. The number of carbonyl (C=O) groups is 1. The molecule has 1 amide bonds. The zero-order valence-corrected chi connectivity index (χ0v) is 9.57. The first-order valence-corrected chi connectivity index (χ1v) is 5.72. The monoisotopic (exact) mass is 222 g/mol. The van der Waals surface area contributed by atoms with Crippen LogP contribution in [0, 0.1) is 5.92 Å². The molecule has 2 heterocycles. The van der Waals surface area contributed by atoms with Crippen LogP contribution in [0.3, 0.4) is 0 Å². The predicted molar refractivity (Wildman–Crippen MR) is 61.1 cm³/mol. The van der Waals surface area contributed by atoms with Crippen molar-refractivity contribution < 1.29 is 4.79 Å². The van der Waals surface area contributed by atoms with Crippen LogP contribution in [-0.2, 0) is 7.05 Å². The van der Waals surface area contributed by atoms with E-state index in [-0.39, 0.29) is 5.91 Å². The largest absolute Gasteiger partial charge is 0.350 e. The van der Waals surface area contributed by atoms with Crippen LogP contribution in [0.1, 0.15) is 23.3 Å². The van der Waals surface area contributed by atoms with Gasteiger partial charge in [-0.1, -0.05) is 0 Å². The number of amides is 1. The van der Waals surface area contributed by atoms with Crippen molar-refractivity contribution in [2.24, 2.45) is 13.0 Å². The minimum absolute atomic E-state index is 0.0702. The topological polar surface area (TPSA) is 59.0 Å². The molecule has 0 aliphatic carbocycles. The molecule has 1 aromatic rings. The zero-order chi connectivity index (χ0) is 11.4. The summed E-state index contributed by atoms with van der Waals surface area (Å²) < 4.78 is 1.78. The molecule has 1 fully saturated rings. The molecular weight excluding hydrogens is 204 g/mol. The Kier molecular flexibility index (Phi) is 3.56. The molecule has 0 bridgehead atoms. The van der Waals surface area contributed by atoms with Crippen molar-refractivity contribution >= 4 is 5.91 Å². The molecule has 0 radical (unpaired) electrons. The minimum atomic E-state index is -0.0702. The SMILES string of the molecule is Cn1cnc(C(=O)NCC2CCNCC2)c1. The number of aryl methyl sites for hydroxylation is 1. The van der Waals surface area contributed by atoms with Crippen LogP contribution in [0.2, 0.25) is 0 Å². The third-order valence-electron chi connectivity index (χ3n) is 2.95. The molecule has 2 N–H and O–H groups in total. The molecule has 1 aliphatic heterocycles. The van der Waals surface area contributed by atoms with Gasteiger partial charge in [-0.25, -0.2) is 4.98 Å². The van der Waals surface area contributed by atoms with E-state index in [1.54, 1.807) is 17.1 Å². The molecule has 0 saturated carbocycles. The highest BCUT2D eigenvalue weighted by atomic mass is 16.1. The quantitative estimate of drug-likeness (QED) is 0.765. The Morgan fingerprint density at radius 2 is 2.38 bits per heavy atom. The number of imidazole rings is 1. The Labute approximate surface area is 95.2 Å². The van der Waals surface area contributed by atoms with Crippen LogP contribution in [0.5, 0.6) is 0 Å². The molecule has 5 heteroatoms. The van der Waals surface area contributed by atoms with Crippen molar-refractivity contribution in [1.29, 1.82) is 0 Å². The molecule has 0 atom stereocenters. The molecule has 5 nitrogen and oxygen atoms in total. The lowest BCUT2D eigenvalue weighted by molar-refractivity contribution is 0.0939. The van der Waals surface area contributed by atoms with E-state index in [0.29, 0.717) is 11.6 Å². The summed E-state index contributed by atoms with van der Waals surface area (Å²) in [5.74, 6) is 0.535. The van der Waals surface area contributed by atoms with Crippen LogP contribution in [0.15, 0.2) is 12.5 Å². The van der Waals surface area contributed by atoms with Crippen molar-refractivity contribution in [1.82, 2.24) is 20.2 Å². The molecule has 0 unspecified atom stereocenters. The van der Waals surface area contributed by atoms with Gasteiger partial charge in [-0.2, -0.15) is 0 Å². The zero-order valence-electron chi connectivity index (χ0n) is 9.57. The fraction of sp³-hybridized carbons (Fsp3) is 0.636. The molecule has 2 rings (SSSR count). The van der Waals surface area contributed by atoms with E-state index in [0.717, 1.165) is 32.5 Å². The van der Waals surface area contributed by atoms with Gasteiger partial charge in [0.05, 0.1) is 6.33 Å². The summed E-state index contributed by atoms with van der Waals surface area (Å²) in [7, 11) is 1.86. The summed E-state index contributed by atoms with van der Waals surface area (Å²) >= 11 is 0. The van der Waals surface area contributed by atoms with Crippen LogP contribution in [0.4, 0.5) is 0 Å². The van der Waals surface area contributed by atoms with Gasteiger partial charge < -0.3 is 15.2 Å². The van der Waals surface area contributed by atoms with Gasteiger partial charge >= 0.3 is 0 Å². The fourth-order valence-corrected chi connectivity index (χ4v) is 1.94. The number of rotatable bonds is 3. The van der Waals surface area contributed by atoms with E-state index in [9.17, 15) is 4.79 Å². The maximum Gasteiger partial charge on any atom is 0.271 e. The highest BCUT2D eigenvalue weighted by molar-refractivity contribution is 5.91. The van der Waals surface area contributed by atoms with Gasteiger partial charge in [0.25, 0.3) is 5.91 Å². The lowest BCUT2D eigenvalue weighted by Crippen LogP contribution is -2.36. The molecule has 0 spiro atoms. The Morgan fingerprint density at radius 1 is 1.62 bits per heavy atom. The van der Waals surface area contributed by atoms with Gasteiger partial charge in [0.2, 0.25) is 0 Å². The van der Waals surface area contributed by atoms with Gasteiger partial charge in [-0.15, -0.1) is 0 Å². The Morgan fingerprint density at radius 3 is 3.00 bits per heavy atom. The van der Waals surface area contributed by atoms with E-state index in [1.807, 2.05) is 7.05 Å². The second-order valence-electron chi connectivity index (χ2n) is 4.33. The lowest BCUT2D eigenvalue weighted by atomic mass is 9.98. The van der Waals surface area contributed by atoms with Gasteiger partial charge in [-0.05, 0) is 31.8 Å². The molecule has 1 aliphatic rings. The van der Waals surface area contributed by atoms with Crippen molar-refractivity contribution in [3.8, 4) is 0 Å². The average Bonchev–Trinajstić information content (AvgIpc) is 2.74. The summed E-state index contributed by atoms with van der Waals surface area (Å²) in [5.41, 5.74) is 0.497. The van der Waals surface area contributed by atoms with Gasteiger partial charge in [0, 0.05) is 19.8 Å². The molecule has 88 valence electrons. The van der Waals surface area contributed by atoms with Crippen molar-refractivity contribution in [2.45, 2.75) is 12.8 Å². The number of aromatic nitrogens is 2. The van der Waals surface area contributed by atoms with Crippen LogP contribution < -0.4 is 10.6 Å². The van der Waals surface area contributed by atoms with Crippen molar-refractivity contribution in [2.75, 3.05) is 19.6 Å². The second-order valence-corrected chi connectivity index (χ2v) is 4.33. The lowest BCUT2D eigenvalue weighted by Gasteiger charge is -2.22. The molecule has 1 aromatic heterocycles. The summed E-state index contributed by atoms with van der Waals surface area (Å²) in [6.45, 7) is 2.88. The normalized spacial score (nSPS) is 17.3. The third kappa shape index (κ3) is 2.82. The van der Waals surface area contributed by atoms with Crippen LogP contribution >= 0.6 is 0 Å². The maximum absolute atomic E-state index is 11.7. The van der Waals surface area contributed by atoms with E-state index in [4.69, 9.17) is 0 Å². The van der Waals surface area contributed by atoms with Crippen LogP contribution in [0.25, 0.3) is 0 Å². The van der Waals surface area contributed by atoms with E-state index in [2.05, 4.69) is 15.6 Å². The predicted octanol–water partition coefficient (Wildman–Crippen LogP) is 0.150. The summed E-state index contributed by atoms with van der Waals surface area (Å²) in [6.07, 6.45) is 5.65. The highest BCUT2D eigenvalue weighted by Crippen LogP contribution is 2.09. The Balaban J connectivity index is 1.79. The van der Waals surface area contributed by atoms with Crippen molar-refractivity contribution in [3.05, 3.63) is 18.2 Å². The Bertz CT molecular complexity index is 355. The first kappa shape index (κ1) is 11.1. The summed E-state index contributed by atoms with van der Waals surface area (Å²) in [4.78, 5) is 15.7. The first-order valence-electron chi connectivity index (χ1n) is 5.72. The van der Waals surface area contributed by atoms with Gasteiger partial charge in [0.15, 0.2) is 0 Å². The number of piperidine rings is 1. The highest BCUT2D eigenvalue weighted by Gasteiger charge is 2.15. The molecule has 0 aromatic carbocycles. The number of hydrogen-bond acceptors (Lipinski definition) is 3. The summed E-state index contributed by atoms with van der Waals surface area (Å²) in [6, 6.07) is 0. The van der Waals surface area contributed by atoms with E-state index >= 15 is 0 Å². The number of hydrogen-bond donors (Lipinski definition) is 2.